The summed E-state index contributed by atoms with van der Waals surface area (Å²) >= 11 is 0. The van der Waals surface area contributed by atoms with Gasteiger partial charge in [0.1, 0.15) is 19.0 Å². The largest absolute Gasteiger partial charge is 0.486 e. The van der Waals surface area contributed by atoms with Crippen molar-refractivity contribution in [1.29, 1.82) is 0 Å². The quantitative estimate of drug-likeness (QED) is 0.836. The first-order chi connectivity index (χ1) is 9.38. The zero-order valence-corrected chi connectivity index (χ0v) is 10.7. The van der Waals surface area contributed by atoms with Crippen molar-refractivity contribution in [2.75, 3.05) is 25.1 Å². The Labute approximate surface area is 111 Å². The Kier molecular flexibility index (Phi) is 3.11. The molecule has 0 spiro atoms. The summed E-state index contributed by atoms with van der Waals surface area (Å²) in [5.74, 6) is 8.20. The summed E-state index contributed by atoms with van der Waals surface area (Å²) in [6.45, 7) is 3.58. The first-order valence-corrected chi connectivity index (χ1v) is 6.20. The number of anilines is 1. The summed E-state index contributed by atoms with van der Waals surface area (Å²) in [5, 5.41) is 5.31. The molecule has 1 aromatic heterocycles. The standard InChI is InChI=1S/C15H14N2O2/c1-2-3-5-16-15-12-10-14-13(18-7-8-19-14)9-11(12)4-6-17-15/h4,6,9-10H,5,7-8H2,1H3,(H,16,17). The van der Waals surface area contributed by atoms with Gasteiger partial charge in [-0.15, -0.1) is 5.92 Å². The summed E-state index contributed by atoms with van der Waals surface area (Å²) in [7, 11) is 0. The van der Waals surface area contributed by atoms with Crippen molar-refractivity contribution in [3.8, 4) is 23.3 Å². The molecule has 3 rings (SSSR count). The summed E-state index contributed by atoms with van der Waals surface area (Å²) in [6, 6.07) is 5.92. The molecule has 2 aromatic rings. The molecule has 1 N–H and O–H groups in total. The van der Waals surface area contributed by atoms with E-state index in [9.17, 15) is 0 Å². The lowest BCUT2D eigenvalue weighted by atomic mass is 10.1. The highest BCUT2D eigenvalue weighted by Gasteiger charge is 2.14. The van der Waals surface area contributed by atoms with Crippen LogP contribution in [0.1, 0.15) is 6.92 Å². The summed E-state index contributed by atoms with van der Waals surface area (Å²) in [4.78, 5) is 4.35. The third-order valence-electron chi connectivity index (χ3n) is 2.95. The van der Waals surface area contributed by atoms with E-state index in [0.717, 1.165) is 28.1 Å². The van der Waals surface area contributed by atoms with E-state index in [4.69, 9.17) is 9.47 Å². The van der Waals surface area contributed by atoms with E-state index in [-0.39, 0.29) is 0 Å². The molecule has 0 aliphatic carbocycles. The Morgan fingerprint density at radius 3 is 2.84 bits per heavy atom. The molecular weight excluding hydrogens is 240 g/mol. The Balaban J connectivity index is 2.04. The molecule has 0 amide bonds. The fourth-order valence-corrected chi connectivity index (χ4v) is 2.07. The Bertz CT molecular complexity index is 671. The number of ether oxygens (including phenoxy) is 2. The predicted molar refractivity (Wildman–Crippen MR) is 74.7 cm³/mol. The van der Waals surface area contributed by atoms with Gasteiger partial charge in [0.25, 0.3) is 0 Å². The summed E-state index contributed by atoms with van der Waals surface area (Å²) in [6.07, 6.45) is 1.78. The maximum absolute atomic E-state index is 5.60. The number of hydrogen-bond acceptors (Lipinski definition) is 4. The van der Waals surface area contributed by atoms with Crippen LogP contribution >= 0.6 is 0 Å². The highest BCUT2D eigenvalue weighted by molar-refractivity contribution is 5.94. The van der Waals surface area contributed by atoms with Crippen molar-refractivity contribution in [1.82, 2.24) is 4.98 Å². The average molecular weight is 254 g/mol. The molecule has 0 radical (unpaired) electrons. The zero-order chi connectivity index (χ0) is 13.1. The molecule has 1 aliphatic heterocycles. The van der Waals surface area contributed by atoms with Crippen LogP contribution in [0.5, 0.6) is 11.5 Å². The van der Waals surface area contributed by atoms with Crippen LogP contribution in [0.15, 0.2) is 24.4 Å². The number of benzene rings is 1. The SMILES string of the molecule is CC#CCNc1nccc2cc3c(cc12)OCCO3. The van der Waals surface area contributed by atoms with Gasteiger partial charge in [-0.25, -0.2) is 4.98 Å². The van der Waals surface area contributed by atoms with Crippen molar-refractivity contribution in [3.05, 3.63) is 24.4 Å². The fraction of sp³-hybridized carbons (Fsp3) is 0.267. The van der Waals surface area contributed by atoms with Gasteiger partial charge in [-0.3, -0.25) is 0 Å². The minimum atomic E-state index is 0.580. The molecule has 0 saturated carbocycles. The van der Waals surface area contributed by atoms with Crippen LogP contribution in [-0.4, -0.2) is 24.7 Å². The van der Waals surface area contributed by atoms with E-state index in [1.807, 2.05) is 25.1 Å². The highest BCUT2D eigenvalue weighted by atomic mass is 16.6. The monoisotopic (exact) mass is 254 g/mol. The van der Waals surface area contributed by atoms with Crippen LogP contribution in [0, 0.1) is 11.8 Å². The fourth-order valence-electron chi connectivity index (χ4n) is 2.07. The molecule has 0 unspecified atom stereocenters. The van der Waals surface area contributed by atoms with E-state index in [2.05, 4.69) is 22.1 Å². The number of fused-ring (bicyclic) bond motifs is 2. The first-order valence-electron chi connectivity index (χ1n) is 6.20. The maximum atomic E-state index is 5.60. The highest BCUT2D eigenvalue weighted by Crippen LogP contribution is 2.36. The molecule has 96 valence electrons. The summed E-state index contributed by atoms with van der Waals surface area (Å²) < 4.78 is 11.2. The van der Waals surface area contributed by atoms with Crippen LogP contribution in [0.2, 0.25) is 0 Å². The van der Waals surface area contributed by atoms with Crippen molar-refractivity contribution >= 4 is 16.6 Å². The number of hydrogen-bond donors (Lipinski definition) is 1. The smallest absolute Gasteiger partial charge is 0.162 e. The number of pyridine rings is 1. The molecule has 0 bridgehead atoms. The minimum absolute atomic E-state index is 0.580. The molecule has 4 nitrogen and oxygen atoms in total. The van der Waals surface area contributed by atoms with E-state index in [0.29, 0.717) is 19.8 Å². The number of nitrogens with one attached hydrogen (secondary N) is 1. The van der Waals surface area contributed by atoms with Gasteiger partial charge in [0, 0.05) is 11.6 Å². The molecule has 0 saturated heterocycles. The molecule has 1 aliphatic rings. The first kappa shape index (κ1) is 11.7. The second kappa shape index (κ2) is 5.07. The van der Waals surface area contributed by atoms with Crippen molar-refractivity contribution in [2.45, 2.75) is 6.92 Å². The molecule has 19 heavy (non-hydrogen) atoms. The molecular formula is C15H14N2O2. The molecule has 2 heterocycles. The van der Waals surface area contributed by atoms with Crippen molar-refractivity contribution in [2.24, 2.45) is 0 Å². The Morgan fingerprint density at radius 2 is 2.05 bits per heavy atom. The van der Waals surface area contributed by atoms with E-state index < -0.39 is 0 Å². The van der Waals surface area contributed by atoms with Gasteiger partial charge in [-0.05, 0) is 30.5 Å². The third kappa shape index (κ3) is 2.27. The average Bonchev–Trinajstić information content (AvgIpc) is 2.46. The van der Waals surface area contributed by atoms with Crippen LogP contribution in [0.3, 0.4) is 0 Å². The number of aromatic nitrogens is 1. The lowest BCUT2D eigenvalue weighted by Gasteiger charge is -2.19. The lowest BCUT2D eigenvalue weighted by molar-refractivity contribution is 0.172. The van der Waals surface area contributed by atoms with Gasteiger partial charge in [-0.2, -0.15) is 0 Å². The predicted octanol–water partition coefficient (Wildman–Crippen LogP) is 2.44. The molecule has 4 heteroatoms. The maximum Gasteiger partial charge on any atom is 0.162 e. The topological polar surface area (TPSA) is 43.4 Å². The lowest BCUT2D eigenvalue weighted by Crippen LogP contribution is -2.15. The van der Waals surface area contributed by atoms with Gasteiger partial charge in [0.05, 0.1) is 6.54 Å². The van der Waals surface area contributed by atoms with Gasteiger partial charge in [0.2, 0.25) is 0 Å². The normalized spacial score (nSPS) is 12.7. The van der Waals surface area contributed by atoms with Gasteiger partial charge in [0.15, 0.2) is 11.5 Å². The van der Waals surface area contributed by atoms with Gasteiger partial charge >= 0.3 is 0 Å². The number of rotatable bonds is 2. The van der Waals surface area contributed by atoms with E-state index in [1.54, 1.807) is 6.20 Å². The molecule has 0 fully saturated rings. The van der Waals surface area contributed by atoms with Crippen LogP contribution in [0.4, 0.5) is 5.82 Å². The Morgan fingerprint density at radius 1 is 1.26 bits per heavy atom. The summed E-state index contributed by atoms with van der Waals surface area (Å²) in [5.41, 5.74) is 0. The molecule has 0 atom stereocenters. The Hall–Kier alpha value is -2.41. The van der Waals surface area contributed by atoms with Crippen molar-refractivity contribution < 1.29 is 9.47 Å². The van der Waals surface area contributed by atoms with Gasteiger partial charge < -0.3 is 14.8 Å². The van der Waals surface area contributed by atoms with Crippen LogP contribution in [0.25, 0.3) is 10.8 Å². The zero-order valence-electron chi connectivity index (χ0n) is 10.7. The second-order valence-corrected chi connectivity index (χ2v) is 4.16. The van der Waals surface area contributed by atoms with Gasteiger partial charge in [-0.1, -0.05) is 5.92 Å². The van der Waals surface area contributed by atoms with Crippen molar-refractivity contribution in [3.63, 3.8) is 0 Å². The second-order valence-electron chi connectivity index (χ2n) is 4.16. The molecule has 1 aromatic carbocycles. The minimum Gasteiger partial charge on any atom is -0.486 e. The number of nitrogens with zero attached hydrogens (tertiary/aromatic N) is 1. The van der Waals surface area contributed by atoms with Crippen LogP contribution < -0.4 is 14.8 Å². The van der Waals surface area contributed by atoms with E-state index >= 15 is 0 Å². The van der Waals surface area contributed by atoms with Crippen LogP contribution in [-0.2, 0) is 0 Å². The van der Waals surface area contributed by atoms with E-state index in [1.165, 1.54) is 0 Å². The third-order valence-corrected chi connectivity index (χ3v) is 2.95.